The van der Waals surface area contributed by atoms with Crippen molar-refractivity contribution in [3.63, 3.8) is 0 Å². The Bertz CT molecular complexity index is 835. The lowest BCUT2D eigenvalue weighted by Gasteiger charge is -2.27. The number of nitrogens with one attached hydrogen (secondary N) is 2. The van der Waals surface area contributed by atoms with Crippen molar-refractivity contribution in [2.24, 2.45) is 17.6 Å². The van der Waals surface area contributed by atoms with Gasteiger partial charge in [-0.3, -0.25) is 10.1 Å². The average Bonchev–Trinajstić information content (AvgIpc) is 2.72. The average molecular weight is 419 g/mol. The van der Waals surface area contributed by atoms with Crippen LogP contribution in [0.1, 0.15) is 36.8 Å². The van der Waals surface area contributed by atoms with Crippen molar-refractivity contribution in [2.75, 3.05) is 23.7 Å². The van der Waals surface area contributed by atoms with Crippen LogP contribution in [-0.2, 0) is 6.54 Å². The number of nitro groups is 1. The monoisotopic (exact) mass is 418 g/mol. The van der Waals surface area contributed by atoms with E-state index in [0.717, 1.165) is 43.4 Å². The summed E-state index contributed by atoms with van der Waals surface area (Å²) < 4.78 is 0. The minimum absolute atomic E-state index is 0.125. The van der Waals surface area contributed by atoms with Gasteiger partial charge in [-0.1, -0.05) is 23.7 Å². The molecule has 1 aromatic heterocycles. The summed E-state index contributed by atoms with van der Waals surface area (Å²) in [5.41, 5.74) is 7.63. The normalized spacial score (nSPS) is 19.0. The number of rotatable bonds is 8. The molecule has 0 amide bonds. The molecule has 2 aromatic rings. The molecule has 1 saturated carbocycles. The van der Waals surface area contributed by atoms with E-state index in [4.69, 9.17) is 17.3 Å². The molecule has 0 saturated heterocycles. The number of nitrogens with zero attached hydrogens (tertiary/aromatic N) is 3. The quantitative estimate of drug-likeness (QED) is 0.435. The summed E-state index contributed by atoms with van der Waals surface area (Å²) in [6.45, 7) is 3.80. The summed E-state index contributed by atoms with van der Waals surface area (Å²) >= 11 is 6.26. The van der Waals surface area contributed by atoms with Crippen molar-refractivity contribution in [1.29, 1.82) is 0 Å². The number of halogens is 1. The minimum atomic E-state index is -0.463. The zero-order valence-electron chi connectivity index (χ0n) is 16.5. The maximum atomic E-state index is 11.4. The SMILES string of the molecule is Cc1cccc(Cl)c1CNc1ncc([N+](=O)[O-])c(NCC2CCC(CN)CC2)n1. The van der Waals surface area contributed by atoms with Gasteiger partial charge in [-0.25, -0.2) is 4.98 Å². The molecule has 1 aliphatic rings. The number of nitrogens with two attached hydrogens (primary N) is 1. The molecule has 3 rings (SSSR count). The highest BCUT2D eigenvalue weighted by Crippen LogP contribution is 2.29. The minimum Gasteiger partial charge on any atom is -0.364 e. The molecule has 0 radical (unpaired) electrons. The summed E-state index contributed by atoms with van der Waals surface area (Å²) in [5, 5.41) is 18.3. The molecule has 156 valence electrons. The Morgan fingerprint density at radius 2 is 1.97 bits per heavy atom. The Morgan fingerprint density at radius 1 is 1.24 bits per heavy atom. The Morgan fingerprint density at radius 3 is 2.62 bits per heavy atom. The molecule has 9 heteroatoms. The third-order valence-electron chi connectivity index (χ3n) is 5.60. The number of hydrogen-bond donors (Lipinski definition) is 3. The zero-order valence-corrected chi connectivity index (χ0v) is 17.3. The number of aromatic nitrogens is 2. The highest BCUT2D eigenvalue weighted by Gasteiger charge is 2.22. The van der Waals surface area contributed by atoms with Crippen molar-refractivity contribution in [3.8, 4) is 0 Å². The van der Waals surface area contributed by atoms with E-state index in [-0.39, 0.29) is 11.5 Å². The summed E-state index contributed by atoms with van der Waals surface area (Å²) in [5.74, 6) is 1.63. The van der Waals surface area contributed by atoms with Crippen LogP contribution in [0.25, 0.3) is 0 Å². The molecule has 1 heterocycles. The maximum Gasteiger partial charge on any atom is 0.329 e. The van der Waals surface area contributed by atoms with E-state index in [1.807, 2.05) is 25.1 Å². The first kappa shape index (κ1) is 21.3. The number of benzene rings is 1. The van der Waals surface area contributed by atoms with Gasteiger partial charge in [0.25, 0.3) is 0 Å². The van der Waals surface area contributed by atoms with Crippen LogP contribution in [0.3, 0.4) is 0 Å². The van der Waals surface area contributed by atoms with E-state index in [9.17, 15) is 10.1 Å². The molecule has 29 heavy (non-hydrogen) atoms. The van der Waals surface area contributed by atoms with Crippen molar-refractivity contribution in [1.82, 2.24) is 9.97 Å². The van der Waals surface area contributed by atoms with Gasteiger partial charge in [0.2, 0.25) is 11.8 Å². The van der Waals surface area contributed by atoms with Gasteiger partial charge in [0.1, 0.15) is 6.20 Å². The van der Waals surface area contributed by atoms with E-state index >= 15 is 0 Å². The van der Waals surface area contributed by atoms with E-state index in [1.54, 1.807) is 0 Å². The Labute approximate surface area is 175 Å². The van der Waals surface area contributed by atoms with Crippen LogP contribution in [0.2, 0.25) is 5.02 Å². The second-order valence-electron chi connectivity index (χ2n) is 7.58. The number of hydrogen-bond acceptors (Lipinski definition) is 7. The van der Waals surface area contributed by atoms with Crippen LogP contribution in [0.15, 0.2) is 24.4 Å². The molecule has 0 unspecified atom stereocenters. The molecule has 4 N–H and O–H groups in total. The van der Waals surface area contributed by atoms with Gasteiger partial charge in [-0.2, -0.15) is 4.98 Å². The molecule has 0 atom stereocenters. The van der Waals surface area contributed by atoms with Crippen molar-refractivity contribution in [3.05, 3.63) is 50.7 Å². The standard InChI is InChI=1S/C20H27ClN6O2/c1-13-3-2-4-17(21)16(13)11-24-20-25-12-18(27(28)29)19(26-20)23-10-15-7-5-14(9-22)6-8-15/h2-4,12,14-15H,5-11,22H2,1H3,(H2,23,24,25,26). The molecule has 1 aliphatic carbocycles. The molecule has 1 fully saturated rings. The summed E-state index contributed by atoms with van der Waals surface area (Å²) in [7, 11) is 0. The topological polar surface area (TPSA) is 119 Å². The first-order valence-electron chi connectivity index (χ1n) is 9.91. The molecule has 0 spiro atoms. The van der Waals surface area contributed by atoms with Gasteiger partial charge in [-0.05, 0) is 68.2 Å². The fourth-order valence-corrected chi connectivity index (χ4v) is 3.98. The van der Waals surface area contributed by atoms with Crippen LogP contribution in [-0.4, -0.2) is 28.0 Å². The molecule has 8 nitrogen and oxygen atoms in total. The Kier molecular flexibility index (Phi) is 7.22. The van der Waals surface area contributed by atoms with E-state index in [0.29, 0.717) is 35.9 Å². The third-order valence-corrected chi connectivity index (χ3v) is 5.95. The van der Waals surface area contributed by atoms with E-state index < -0.39 is 4.92 Å². The fourth-order valence-electron chi connectivity index (χ4n) is 3.69. The predicted molar refractivity (Wildman–Crippen MR) is 115 cm³/mol. The van der Waals surface area contributed by atoms with E-state index in [2.05, 4.69) is 20.6 Å². The molecular formula is C20H27ClN6O2. The number of anilines is 2. The van der Waals surface area contributed by atoms with Crippen LogP contribution >= 0.6 is 11.6 Å². The van der Waals surface area contributed by atoms with E-state index in [1.165, 1.54) is 6.20 Å². The van der Waals surface area contributed by atoms with Gasteiger partial charge in [0, 0.05) is 18.1 Å². The molecular weight excluding hydrogens is 392 g/mol. The lowest BCUT2D eigenvalue weighted by atomic mass is 9.82. The summed E-state index contributed by atoms with van der Waals surface area (Å²) in [4.78, 5) is 19.3. The molecule has 0 bridgehead atoms. The Balaban J connectivity index is 1.67. The van der Waals surface area contributed by atoms with Gasteiger partial charge < -0.3 is 16.4 Å². The van der Waals surface area contributed by atoms with Crippen molar-refractivity contribution in [2.45, 2.75) is 39.2 Å². The maximum absolute atomic E-state index is 11.4. The van der Waals surface area contributed by atoms with Crippen molar-refractivity contribution < 1.29 is 4.92 Å². The fraction of sp³-hybridized carbons (Fsp3) is 0.500. The van der Waals surface area contributed by atoms with Gasteiger partial charge >= 0.3 is 5.69 Å². The first-order chi connectivity index (χ1) is 14.0. The van der Waals surface area contributed by atoms with Crippen molar-refractivity contribution >= 4 is 29.1 Å². The lowest BCUT2D eigenvalue weighted by Crippen LogP contribution is -2.25. The van der Waals surface area contributed by atoms with Crippen LogP contribution in [0.4, 0.5) is 17.5 Å². The van der Waals surface area contributed by atoms with Crippen LogP contribution in [0.5, 0.6) is 0 Å². The predicted octanol–water partition coefficient (Wildman–Crippen LogP) is 4.14. The summed E-state index contributed by atoms with van der Waals surface area (Å²) in [6, 6.07) is 5.70. The Hall–Kier alpha value is -2.45. The third kappa shape index (κ3) is 5.55. The second-order valence-corrected chi connectivity index (χ2v) is 7.98. The van der Waals surface area contributed by atoms with Crippen LogP contribution in [0, 0.1) is 28.9 Å². The summed E-state index contributed by atoms with van der Waals surface area (Å²) in [6.07, 6.45) is 5.61. The smallest absolute Gasteiger partial charge is 0.329 e. The van der Waals surface area contributed by atoms with Gasteiger partial charge in [0.05, 0.1) is 4.92 Å². The van der Waals surface area contributed by atoms with Crippen LogP contribution < -0.4 is 16.4 Å². The second kappa shape index (κ2) is 9.84. The molecule has 1 aromatic carbocycles. The highest BCUT2D eigenvalue weighted by molar-refractivity contribution is 6.31. The lowest BCUT2D eigenvalue weighted by molar-refractivity contribution is -0.384. The first-order valence-corrected chi connectivity index (χ1v) is 10.3. The zero-order chi connectivity index (χ0) is 20.8. The largest absolute Gasteiger partial charge is 0.364 e. The van der Waals surface area contributed by atoms with Gasteiger partial charge in [-0.15, -0.1) is 0 Å². The number of aryl methyl sites for hydroxylation is 1. The molecule has 0 aliphatic heterocycles. The van der Waals surface area contributed by atoms with Gasteiger partial charge in [0.15, 0.2) is 0 Å². The highest BCUT2D eigenvalue weighted by atomic mass is 35.5.